The summed E-state index contributed by atoms with van der Waals surface area (Å²) < 4.78 is 0. The second-order valence-corrected chi connectivity index (χ2v) is 11.4. The molecule has 0 aromatic carbocycles. The fourth-order valence-electron chi connectivity index (χ4n) is 2.10. The number of alkyl halides is 6. The lowest BCUT2D eigenvalue weighted by atomic mass is 10.0. The van der Waals surface area contributed by atoms with E-state index in [1.807, 2.05) is 0 Å². The molecule has 1 aliphatic carbocycles. The van der Waals surface area contributed by atoms with Crippen LogP contribution in [0.5, 0.6) is 0 Å². The summed E-state index contributed by atoms with van der Waals surface area (Å²) in [6.07, 6.45) is 7.80. The van der Waals surface area contributed by atoms with Crippen LogP contribution in [0.25, 0.3) is 0 Å². The van der Waals surface area contributed by atoms with E-state index in [-0.39, 0.29) is 0 Å². The van der Waals surface area contributed by atoms with Crippen molar-refractivity contribution < 1.29 is 0 Å². The topological polar surface area (TPSA) is 0 Å². The van der Waals surface area contributed by atoms with Crippen LogP contribution in [0.3, 0.4) is 0 Å². The van der Waals surface area contributed by atoms with E-state index in [2.05, 4.69) is 95.6 Å². The molecular weight excluding hydrogens is 624 g/mol. The number of hydrogen-bond donors (Lipinski definition) is 0. The van der Waals surface area contributed by atoms with Crippen molar-refractivity contribution in [3.05, 3.63) is 0 Å². The normalized spacial score (nSPS) is 45.0. The van der Waals surface area contributed by atoms with Gasteiger partial charge in [0.25, 0.3) is 0 Å². The Kier molecular flexibility index (Phi) is 10.3. The largest absolute Gasteiger partial charge is 0.0878 e. The van der Waals surface area contributed by atoms with Crippen LogP contribution in [0.2, 0.25) is 0 Å². The first-order valence-corrected chi connectivity index (χ1v) is 11.8. The minimum absolute atomic E-state index is 0.394. The zero-order chi connectivity index (χ0) is 13.7. The van der Waals surface area contributed by atoms with Gasteiger partial charge in [-0.2, -0.15) is 0 Å². The second kappa shape index (κ2) is 9.81. The van der Waals surface area contributed by atoms with Gasteiger partial charge >= 0.3 is 0 Å². The van der Waals surface area contributed by atoms with E-state index in [0.717, 1.165) is 0 Å². The Morgan fingerprint density at radius 1 is 0.444 bits per heavy atom. The molecule has 0 aromatic rings. The van der Waals surface area contributed by atoms with Crippen LogP contribution in [0.4, 0.5) is 0 Å². The maximum Gasteiger partial charge on any atom is 0.0418 e. The fraction of sp³-hybridized carbons (Fsp3) is 1.00. The molecule has 0 unspecified atom stereocenters. The van der Waals surface area contributed by atoms with Crippen molar-refractivity contribution in [3.63, 3.8) is 0 Å². The molecule has 0 bridgehead atoms. The van der Waals surface area contributed by atoms with E-state index in [4.69, 9.17) is 0 Å². The smallest absolute Gasteiger partial charge is 0.0418 e. The summed E-state index contributed by atoms with van der Waals surface area (Å²) >= 11 is 23.0. The van der Waals surface area contributed by atoms with E-state index in [0.29, 0.717) is 29.0 Å². The Bertz CT molecular complexity index is 213. The molecule has 1 saturated carbocycles. The minimum atomic E-state index is 0.394. The standard InChI is InChI=1S/C12H18Br6/c13-7-5-3-1-2-4-6-8(14)10(16)12(18)11(17)9(7)15/h7-12H,1-6H2/t7-,8-,9-,10-,11-,12-/m0/s1. The first-order valence-electron chi connectivity index (χ1n) is 6.29. The van der Waals surface area contributed by atoms with Gasteiger partial charge in [0.2, 0.25) is 0 Å². The highest BCUT2D eigenvalue weighted by Gasteiger charge is 2.35. The molecule has 0 N–H and O–H groups in total. The minimum Gasteiger partial charge on any atom is -0.0878 e. The molecule has 1 aliphatic rings. The van der Waals surface area contributed by atoms with Crippen molar-refractivity contribution in [1.29, 1.82) is 0 Å². The van der Waals surface area contributed by atoms with Gasteiger partial charge in [-0.1, -0.05) is 121 Å². The molecule has 1 fully saturated rings. The van der Waals surface area contributed by atoms with Crippen LogP contribution >= 0.6 is 95.6 Å². The number of rotatable bonds is 0. The molecule has 6 atom stereocenters. The predicted molar refractivity (Wildman–Crippen MR) is 104 cm³/mol. The zero-order valence-electron chi connectivity index (χ0n) is 9.97. The molecule has 0 radical (unpaired) electrons. The summed E-state index contributed by atoms with van der Waals surface area (Å²) in [5.41, 5.74) is 0. The third kappa shape index (κ3) is 5.94. The van der Waals surface area contributed by atoms with Crippen molar-refractivity contribution in [2.45, 2.75) is 67.5 Å². The third-order valence-electron chi connectivity index (χ3n) is 3.31. The Morgan fingerprint density at radius 3 is 1.11 bits per heavy atom. The van der Waals surface area contributed by atoms with Crippen LogP contribution in [0.1, 0.15) is 38.5 Å². The van der Waals surface area contributed by atoms with Crippen LogP contribution < -0.4 is 0 Å². The molecule has 1 rings (SSSR count). The van der Waals surface area contributed by atoms with Gasteiger partial charge in [0.05, 0.1) is 0 Å². The SMILES string of the molecule is Br[C@@H]1[C@@H](Br)[C@@H](Br)[C@@H](Br)CCCCCC[C@H](Br)[C@@H]1Br. The van der Waals surface area contributed by atoms with Crippen molar-refractivity contribution in [2.75, 3.05) is 0 Å². The Labute approximate surface area is 161 Å². The van der Waals surface area contributed by atoms with Gasteiger partial charge in [0.1, 0.15) is 0 Å². The highest BCUT2D eigenvalue weighted by atomic mass is 79.9. The summed E-state index contributed by atoms with van der Waals surface area (Å²) in [5, 5.41) is 0. The molecule has 6 heteroatoms. The highest BCUT2D eigenvalue weighted by Crippen LogP contribution is 2.37. The lowest BCUT2D eigenvalue weighted by Crippen LogP contribution is -2.39. The molecule has 108 valence electrons. The summed E-state index contributed by atoms with van der Waals surface area (Å²) in [4.78, 5) is 2.70. The average molecular weight is 642 g/mol. The van der Waals surface area contributed by atoms with Gasteiger partial charge in [-0.15, -0.1) is 0 Å². The zero-order valence-corrected chi connectivity index (χ0v) is 19.5. The third-order valence-corrected chi connectivity index (χ3v) is 13.6. The van der Waals surface area contributed by atoms with Gasteiger partial charge in [-0.05, 0) is 12.8 Å². The molecule has 0 spiro atoms. The predicted octanol–water partition coefficient (Wildman–Crippen LogP) is 6.92. The maximum absolute atomic E-state index is 3.84. The van der Waals surface area contributed by atoms with Crippen molar-refractivity contribution in [1.82, 2.24) is 0 Å². The van der Waals surface area contributed by atoms with E-state index < -0.39 is 0 Å². The van der Waals surface area contributed by atoms with E-state index >= 15 is 0 Å². The molecule has 18 heavy (non-hydrogen) atoms. The van der Waals surface area contributed by atoms with Gasteiger partial charge in [0, 0.05) is 29.0 Å². The fourth-order valence-corrected chi connectivity index (χ4v) is 7.63. The molecule has 0 heterocycles. The van der Waals surface area contributed by atoms with Gasteiger partial charge in [-0.25, -0.2) is 0 Å². The monoisotopic (exact) mass is 636 g/mol. The van der Waals surface area contributed by atoms with E-state index in [1.165, 1.54) is 38.5 Å². The molecule has 0 aromatic heterocycles. The first-order chi connectivity index (χ1) is 8.45. The average Bonchev–Trinajstić information content (AvgIpc) is 2.37. The van der Waals surface area contributed by atoms with Crippen LogP contribution in [0.15, 0.2) is 0 Å². The Balaban J connectivity index is 2.71. The lowest BCUT2D eigenvalue weighted by molar-refractivity contribution is 0.549. The Morgan fingerprint density at radius 2 is 0.778 bits per heavy atom. The summed E-state index contributed by atoms with van der Waals surface area (Å²) in [6, 6.07) is 0. The molecule has 0 nitrogen and oxygen atoms in total. The molecule has 0 amide bonds. The molecule has 0 aliphatic heterocycles. The van der Waals surface area contributed by atoms with Crippen LogP contribution in [-0.2, 0) is 0 Å². The quantitative estimate of drug-likeness (QED) is 0.252. The van der Waals surface area contributed by atoms with Gasteiger partial charge in [-0.3, -0.25) is 0 Å². The highest BCUT2D eigenvalue weighted by molar-refractivity contribution is 9.15. The van der Waals surface area contributed by atoms with Crippen LogP contribution in [0, 0.1) is 0 Å². The summed E-state index contributed by atoms with van der Waals surface area (Å²) in [6.45, 7) is 0. The van der Waals surface area contributed by atoms with Gasteiger partial charge in [0.15, 0.2) is 0 Å². The first kappa shape index (κ1) is 18.9. The lowest BCUT2D eigenvalue weighted by Gasteiger charge is -2.31. The van der Waals surface area contributed by atoms with Gasteiger partial charge < -0.3 is 0 Å². The second-order valence-electron chi connectivity index (χ2n) is 4.80. The number of hydrogen-bond acceptors (Lipinski definition) is 0. The molecule has 0 saturated heterocycles. The van der Waals surface area contributed by atoms with Crippen molar-refractivity contribution in [2.24, 2.45) is 0 Å². The maximum atomic E-state index is 3.84. The van der Waals surface area contributed by atoms with Crippen molar-refractivity contribution >= 4 is 95.6 Å². The van der Waals surface area contributed by atoms with Crippen LogP contribution in [-0.4, -0.2) is 29.0 Å². The van der Waals surface area contributed by atoms with Crippen molar-refractivity contribution in [3.8, 4) is 0 Å². The molecular formula is C12H18Br6. The van der Waals surface area contributed by atoms with E-state index in [9.17, 15) is 0 Å². The summed E-state index contributed by atoms with van der Waals surface area (Å²) in [7, 11) is 0. The van der Waals surface area contributed by atoms with E-state index in [1.54, 1.807) is 0 Å². The Hall–Kier alpha value is 2.88. The summed E-state index contributed by atoms with van der Waals surface area (Å²) in [5.74, 6) is 0. The number of halogens is 6.